The van der Waals surface area contributed by atoms with Crippen LogP contribution in [0.4, 0.5) is 5.69 Å². The Labute approximate surface area is 147 Å². The normalized spacial score (nSPS) is 16.7. The number of rotatable bonds is 4. The summed E-state index contributed by atoms with van der Waals surface area (Å²) in [6.07, 6.45) is 4.05. The monoisotopic (exact) mass is 338 g/mol. The molecule has 1 aromatic carbocycles. The SMILES string of the molecule is Cc1cccc(C(=O)N2CCC(CN)C2)c1NC(=O)c1ccncc1. The lowest BCUT2D eigenvalue weighted by atomic mass is 10.1. The number of hydrogen-bond acceptors (Lipinski definition) is 4. The van der Waals surface area contributed by atoms with E-state index in [1.807, 2.05) is 24.0 Å². The van der Waals surface area contributed by atoms with Crippen molar-refractivity contribution in [1.82, 2.24) is 9.88 Å². The minimum absolute atomic E-state index is 0.0651. The summed E-state index contributed by atoms with van der Waals surface area (Å²) < 4.78 is 0. The number of carbonyl (C=O) groups excluding carboxylic acids is 2. The molecule has 1 aromatic heterocycles. The first-order chi connectivity index (χ1) is 12.1. The van der Waals surface area contributed by atoms with Crippen LogP contribution in [-0.2, 0) is 0 Å². The van der Waals surface area contributed by atoms with Crippen molar-refractivity contribution in [2.45, 2.75) is 13.3 Å². The highest BCUT2D eigenvalue weighted by Crippen LogP contribution is 2.25. The number of benzene rings is 1. The number of hydrogen-bond donors (Lipinski definition) is 2. The molecule has 2 aromatic rings. The van der Waals surface area contributed by atoms with Crippen LogP contribution in [0.2, 0.25) is 0 Å². The topological polar surface area (TPSA) is 88.3 Å². The second-order valence-electron chi connectivity index (χ2n) is 6.33. The van der Waals surface area contributed by atoms with Gasteiger partial charge in [0, 0.05) is 31.0 Å². The first kappa shape index (κ1) is 17.1. The highest BCUT2D eigenvalue weighted by Gasteiger charge is 2.28. The van der Waals surface area contributed by atoms with Crippen molar-refractivity contribution in [1.29, 1.82) is 0 Å². The van der Waals surface area contributed by atoms with Crippen LogP contribution >= 0.6 is 0 Å². The molecule has 0 saturated carbocycles. The van der Waals surface area contributed by atoms with Crippen molar-refractivity contribution in [3.63, 3.8) is 0 Å². The quantitative estimate of drug-likeness (QED) is 0.893. The Balaban J connectivity index is 1.85. The number of aromatic nitrogens is 1. The van der Waals surface area contributed by atoms with Gasteiger partial charge in [0.25, 0.3) is 11.8 Å². The van der Waals surface area contributed by atoms with Crippen molar-refractivity contribution in [3.05, 3.63) is 59.4 Å². The molecule has 1 saturated heterocycles. The molecular formula is C19H22N4O2. The van der Waals surface area contributed by atoms with E-state index in [0.717, 1.165) is 12.0 Å². The Morgan fingerprint density at radius 2 is 2.04 bits per heavy atom. The predicted molar refractivity (Wildman–Crippen MR) is 96.4 cm³/mol. The van der Waals surface area contributed by atoms with Gasteiger partial charge in [-0.05, 0) is 49.6 Å². The summed E-state index contributed by atoms with van der Waals surface area (Å²) in [7, 11) is 0. The number of nitrogens with zero attached hydrogens (tertiary/aromatic N) is 2. The lowest BCUT2D eigenvalue weighted by Gasteiger charge is -2.20. The molecule has 0 radical (unpaired) electrons. The molecular weight excluding hydrogens is 316 g/mol. The zero-order valence-electron chi connectivity index (χ0n) is 14.2. The second-order valence-corrected chi connectivity index (χ2v) is 6.33. The van der Waals surface area contributed by atoms with Crippen LogP contribution < -0.4 is 11.1 Å². The van der Waals surface area contributed by atoms with E-state index in [2.05, 4.69) is 10.3 Å². The zero-order chi connectivity index (χ0) is 17.8. The average Bonchev–Trinajstić information content (AvgIpc) is 3.12. The molecule has 1 unspecified atom stereocenters. The van der Waals surface area contributed by atoms with Crippen LogP contribution in [0, 0.1) is 12.8 Å². The van der Waals surface area contributed by atoms with Crippen molar-refractivity contribution < 1.29 is 9.59 Å². The van der Waals surface area contributed by atoms with Gasteiger partial charge >= 0.3 is 0 Å². The van der Waals surface area contributed by atoms with Crippen LogP contribution in [0.15, 0.2) is 42.7 Å². The number of carbonyl (C=O) groups is 2. The van der Waals surface area contributed by atoms with Crippen molar-refractivity contribution >= 4 is 17.5 Å². The van der Waals surface area contributed by atoms with Crippen LogP contribution in [0.3, 0.4) is 0 Å². The third kappa shape index (κ3) is 3.69. The van der Waals surface area contributed by atoms with Gasteiger partial charge in [0.2, 0.25) is 0 Å². The lowest BCUT2D eigenvalue weighted by Crippen LogP contribution is -2.31. The number of pyridine rings is 1. The van der Waals surface area contributed by atoms with Crippen molar-refractivity contribution in [2.75, 3.05) is 25.0 Å². The number of likely N-dealkylation sites (tertiary alicyclic amines) is 1. The molecule has 0 aliphatic carbocycles. The summed E-state index contributed by atoms with van der Waals surface area (Å²) in [5.74, 6) is 0.0281. The highest BCUT2D eigenvalue weighted by atomic mass is 16.2. The number of aryl methyl sites for hydroxylation is 1. The van der Waals surface area contributed by atoms with Crippen molar-refractivity contribution in [3.8, 4) is 0 Å². The van der Waals surface area contributed by atoms with Crippen LogP contribution in [0.5, 0.6) is 0 Å². The van der Waals surface area contributed by atoms with Gasteiger partial charge in [0.05, 0.1) is 11.3 Å². The van der Waals surface area contributed by atoms with E-state index in [9.17, 15) is 9.59 Å². The summed E-state index contributed by atoms with van der Waals surface area (Å²) in [5, 5.41) is 2.89. The van der Waals surface area contributed by atoms with E-state index in [4.69, 9.17) is 5.73 Å². The standard InChI is InChI=1S/C19H22N4O2/c1-13-3-2-4-16(19(25)23-10-7-14(11-20)12-23)17(13)22-18(24)15-5-8-21-9-6-15/h2-6,8-9,14H,7,10-12,20H2,1H3,(H,22,24). The molecule has 2 heterocycles. The first-order valence-corrected chi connectivity index (χ1v) is 8.40. The molecule has 1 atom stereocenters. The van der Waals surface area contributed by atoms with E-state index in [1.54, 1.807) is 30.6 Å². The lowest BCUT2D eigenvalue weighted by molar-refractivity contribution is 0.0788. The zero-order valence-corrected chi connectivity index (χ0v) is 14.2. The molecule has 6 nitrogen and oxygen atoms in total. The Morgan fingerprint density at radius 1 is 1.28 bits per heavy atom. The van der Waals surface area contributed by atoms with E-state index >= 15 is 0 Å². The number of anilines is 1. The van der Waals surface area contributed by atoms with Crippen LogP contribution in [-0.4, -0.2) is 41.3 Å². The third-order valence-corrected chi connectivity index (χ3v) is 4.59. The molecule has 2 amide bonds. The fraction of sp³-hybridized carbons (Fsp3) is 0.316. The maximum Gasteiger partial charge on any atom is 0.255 e. The molecule has 3 rings (SSSR count). The van der Waals surface area contributed by atoms with Gasteiger partial charge in [0.15, 0.2) is 0 Å². The molecule has 1 aliphatic rings. The van der Waals surface area contributed by atoms with E-state index < -0.39 is 0 Å². The van der Waals surface area contributed by atoms with E-state index in [0.29, 0.717) is 42.4 Å². The van der Waals surface area contributed by atoms with Crippen LogP contribution in [0.1, 0.15) is 32.7 Å². The molecule has 130 valence electrons. The average molecular weight is 338 g/mol. The van der Waals surface area contributed by atoms with Crippen LogP contribution in [0.25, 0.3) is 0 Å². The number of nitrogens with two attached hydrogens (primary N) is 1. The number of nitrogens with one attached hydrogen (secondary N) is 1. The van der Waals surface area contributed by atoms with Gasteiger partial charge in [-0.1, -0.05) is 12.1 Å². The molecule has 0 bridgehead atoms. The fourth-order valence-corrected chi connectivity index (χ4v) is 3.08. The van der Waals surface area contributed by atoms with Gasteiger partial charge in [-0.25, -0.2) is 0 Å². The molecule has 25 heavy (non-hydrogen) atoms. The minimum atomic E-state index is -0.257. The summed E-state index contributed by atoms with van der Waals surface area (Å²) in [5.41, 5.74) is 8.14. The van der Waals surface area contributed by atoms with Gasteiger partial charge in [-0.3, -0.25) is 14.6 Å². The van der Waals surface area contributed by atoms with Crippen molar-refractivity contribution in [2.24, 2.45) is 11.7 Å². The first-order valence-electron chi connectivity index (χ1n) is 8.40. The summed E-state index contributed by atoms with van der Waals surface area (Å²) in [6.45, 7) is 3.84. The number of para-hydroxylation sites is 1. The van der Waals surface area contributed by atoms with Gasteiger partial charge < -0.3 is 16.0 Å². The molecule has 6 heteroatoms. The van der Waals surface area contributed by atoms with Gasteiger partial charge in [-0.2, -0.15) is 0 Å². The number of amides is 2. The Morgan fingerprint density at radius 3 is 2.72 bits per heavy atom. The maximum absolute atomic E-state index is 12.9. The fourth-order valence-electron chi connectivity index (χ4n) is 3.08. The smallest absolute Gasteiger partial charge is 0.255 e. The Kier molecular flexibility index (Phi) is 5.09. The van der Waals surface area contributed by atoms with E-state index in [1.165, 1.54) is 0 Å². The highest BCUT2D eigenvalue weighted by molar-refractivity contribution is 6.09. The molecule has 0 spiro atoms. The summed E-state index contributed by atoms with van der Waals surface area (Å²) >= 11 is 0. The van der Waals surface area contributed by atoms with Gasteiger partial charge in [-0.15, -0.1) is 0 Å². The minimum Gasteiger partial charge on any atom is -0.338 e. The van der Waals surface area contributed by atoms with Gasteiger partial charge in [0.1, 0.15) is 0 Å². The van der Waals surface area contributed by atoms with E-state index in [-0.39, 0.29) is 11.8 Å². The molecule has 1 fully saturated rings. The summed E-state index contributed by atoms with van der Waals surface area (Å²) in [4.78, 5) is 31.1. The Hall–Kier alpha value is -2.73. The molecule has 1 aliphatic heterocycles. The maximum atomic E-state index is 12.9. The summed E-state index contributed by atoms with van der Waals surface area (Å²) in [6, 6.07) is 8.75. The largest absolute Gasteiger partial charge is 0.338 e. The predicted octanol–water partition coefficient (Wildman–Crippen LogP) is 2.06. The molecule has 3 N–H and O–H groups in total. The second kappa shape index (κ2) is 7.44. The Bertz CT molecular complexity index is 776. The third-order valence-electron chi connectivity index (χ3n) is 4.59.